The summed E-state index contributed by atoms with van der Waals surface area (Å²) in [6.45, 7) is 0. The predicted octanol–water partition coefficient (Wildman–Crippen LogP) is 2.67. The molecule has 0 saturated carbocycles. The van der Waals surface area contributed by atoms with Gasteiger partial charge in [0.05, 0.1) is 30.4 Å². The third kappa shape index (κ3) is 3.52. The van der Waals surface area contributed by atoms with E-state index in [0.717, 1.165) is 7.11 Å². The van der Waals surface area contributed by atoms with E-state index in [0.29, 0.717) is 6.07 Å². The summed E-state index contributed by atoms with van der Waals surface area (Å²) in [4.78, 5) is 13.8. The van der Waals surface area contributed by atoms with Gasteiger partial charge in [0, 0.05) is 6.07 Å². The van der Waals surface area contributed by atoms with Crippen LogP contribution in [0, 0.1) is 0 Å². The standard InChI is InChI=1S/C10H8F5NO3/c1-19-6-2-4(10(13,14)15)8(9(11)12)5(16-6)3-7(17)18/h2,9H,3H2,1H3,(H,17,18). The van der Waals surface area contributed by atoms with E-state index in [1.807, 2.05) is 0 Å². The molecule has 1 heterocycles. The number of halogens is 5. The van der Waals surface area contributed by atoms with E-state index in [1.54, 1.807) is 0 Å². The zero-order valence-corrected chi connectivity index (χ0v) is 9.46. The Kier molecular flexibility index (Phi) is 4.28. The van der Waals surface area contributed by atoms with Gasteiger partial charge in [0.1, 0.15) is 0 Å². The number of methoxy groups -OCH3 is 1. The first-order chi connectivity index (χ1) is 8.66. The minimum atomic E-state index is -5.06. The van der Waals surface area contributed by atoms with Crippen LogP contribution >= 0.6 is 0 Å². The smallest absolute Gasteiger partial charge is 0.417 e. The van der Waals surface area contributed by atoms with Gasteiger partial charge in [-0.25, -0.2) is 13.8 Å². The van der Waals surface area contributed by atoms with E-state index in [4.69, 9.17) is 5.11 Å². The number of pyridine rings is 1. The molecule has 0 aliphatic rings. The van der Waals surface area contributed by atoms with Crippen molar-refractivity contribution in [2.24, 2.45) is 0 Å². The topological polar surface area (TPSA) is 59.4 Å². The second-order valence-corrected chi connectivity index (χ2v) is 3.44. The van der Waals surface area contributed by atoms with Crippen molar-refractivity contribution in [2.75, 3.05) is 7.11 Å². The summed E-state index contributed by atoms with van der Waals surface area (Å²) in [6, 6.07) is 0.312. The highest BCUT2D eigenvalue weighted by Crippen LogP contribution is 2.39. The van der Waals surface area contributed by atoms with Crippen LogP contribution in [0.2, 0.25) is 0 Å². The number of carbonyl (C=O) groups is 1. The van der Waals surface area contributed by atoms with Crippen molar-refractivity contribution in [3.05, 3.63) is 22.9 Å². The Morgan fingerprint density at radius 1 is 1.47 bits per heavy atom. The molecule has 0 aliphatic carbocycles. The molecule has 106 valence electrons. The molecule has 0 saturated heterocycles. The molecule has 0 spiro atoms. The van der Waals surface area contributed by atoms with Crippen LogP contribution in [0.4, 0.5) is 22.0 Å². The minimum Gasteiger partial charge on any atom is -0.481 e. The summed E-state index contributed by atoms with van der Waals surface area (Å²) < 4.78 is 68.0. The highest BCUT2D eigenvalue weighted by atomic mass is 19.4. The van der Waals surface area contributed by atoms with Gasteiger partial charge >= 0.3 is 12.1 Å². The van der Waals surface area contributed by atoms with E-state index in [2.05, 4.69) is 9.72 Å². The number of aliphatic carboxylic acids is 1. The SMILES string of the molecule is COc1cc(C(F)(F)F)c(C(F)F)c(CC(=O)O)n1. The van der Waals surface area contributed by atoms with Crippen LogP contribution in [-0.2, 0) is 17.4 Å². The van der Waals surface area contributed by atoms with E-state index >= 15 is 0 Å². The lowest BCUT2D eigenvalue weighted by molar-refractivity contribution is -0.140. The van der Waals surface area contributed by atoms with Gasteiger partial charge in [0.15, 0.2) is 0 Å². The Labute approximate surface area is 103 Å². The fourth-order valence-corrected chi connectivity index (χ4v) is 1.44. The highest BCUT2D eigenvalue weighted by molar-refractivity contribution is 5.70. The number of rotatable bonds is 4. The second-order valence-electron chi connectivity index (χ2n) is 3.44. The third-order valence-corrected chi connectivity index (χ3v) is 2.17. The zero-order valence-electron chi connectivity index (χ0n) is 9.46. The maximum absolute atomic E-state index is 12.7. The number of alkyl halides is 5. The number of ether oxygens (including phenoxy) is 1. The highest BCUT2D eigenvalue weighted by Gasteiger charge is 2.38. The summed E-state index contributed by atoms with van der Waals surface area (Å²) in [5, 5.41) is 8.52. The van der Waals surface area contributed by atoms with Gasteiger partial charge in [-0.2, -0.15) is 13.2 Å². The van der Waals surface area contributed by atoms with Crippen LogP contribution < -0.4 is 4.74 Å². The van der Waals surface area contributed by atoms with Crippen molar-refractivity contribution in [1.82, 2.24) is 4.98 Å². The molecule has 9 heteroatoms. The fourth-order valence-electron chi connectivity index (χ4n) is 1.44. The second kappa shape index (κ2) is 5.37. The van der Waals surface area contributed by atoms with Crippen molar-refractivity contribution >= 4 is 5.97 Å². The maximum Gasteiger partial charge on any atom is 0.417 e. The molecule has 1 aromatic heterocycles. The molecule has 0 aromatic carbocycles. The lowest BCUT2D eigenvalue weighted by Crippen LogP contribution is -2.16. The predicted molar refractivity (Wildman–Crippen MR) is 52.1 cm³/mol. The van der Waals surface area contributed by atoms with Crippen molar-refractivity contribution in [2.45, 2.75) is 19.0 Å². The molecule has 4 nitrogen and oxygen atoms in total. The average molecular weight is 285 g/mol. The zero-order chi connectivity index (χ0) is 14.8. The van der Waals surface area contributed by atoms with Crippen LogP contribution in [0.15, 0.2) is 6.07 Å². The number of hydrogen-bond acceptors (Lipinski definition) is 3. The molecular weight excluding hydrogens is 277 g/mol. The van der Waals surface area contributed by atoms with Crippen LogP contribution in [0.25, 0.3) is 0 Å². The Bertz CT molecular complexity index is 487. The van der Waals surface area contributed by atoms with Crippen LogP contribution in [0.5, 0.6) is 5.88 Å². The average Bonchev–Trinajstić information content (AvgIpc) is 2.25. The van der Waals surface area contributed by atoms with Crippen LogP contribution in [-0.4, -0.2) is 23.2 Å². The quantitative estimate of drug-likeness (QED) is 0.864. The number of carboxylic acid groups (broad SMARTS) is 1. The lowest BCUT2D eigenvalue weighted by Gasteiger charge is -2.16. The van der Waals surface area contributed by atoms with Crippen molar-refractivity contribution in [3.8, 4) is 5.88 Å². The number of hydrogen-bond donors (Lipinski definition) is 1. The molecule has 1 aromatic rings. The number of aromatic nitrogens is 1. The summed E-state index contributed by atoms with van der Waals surface area (Å²) in [5.74, 6) is -2.15. The minimum absolute atomic E-state index is 0.312. The Morgan fingerprint density at radius 2 is 2.05 bits per heavy atom. The molecule has 0 atom stereocenters. The Morgan fingerprint density at radius 3 is 2.42 bits per heavy atom. The molecule has 0 bridgehead atoms. The Balaban J connectivity index is 3.55. The normalized spacial score (nSPS) is 11.7. The molecule has 0 aliphatic heterocycles. The van der Waals surface area contributed by atoms with Gasteiger partial charge in [-0.15, -0.1) is 0 Å². The molecule has 0 unspecified atom stereocenters. The molecule has 0 radical (unpaired) electrons. The monoisotopic (exact) mass is 285 g/mol. The molecule has 1 N–H and O–H groups in total. The van der Waals surface area contributed by atoms with Gasteiger partial charge in [-0.3, -0.25) is 4.79 Å². The molecule has 0 amide bonds. The third-order valence-electron chi connectivity index (χ3n) is 2.17. The van der Waals surface area contributed by atoms with Gasteiger partial charge in [-0.05, 0) is 0 Å². The van der Waals surface area contributed by atoms with Gasteiger partial charge in [0.2, 0.25) is 5.88 Å². The van der Waals surface area contributed by atoms with Crippen LogP contribution in [0.3, 0.4) is 0 Å². The first-order valence-corrected chi connectivity index (χ1v) is 4.81. The van der Waals surface area contributed by atoms with Crippen molar-refractivity contribution in [1.29, 1.82) is 0 Å². The van der Waals surface area contributed by atoms with Crippen LogP contribution in [0.1, 0.15) is 23.2 Å². The molecule has 1 rings (SSSR count). The molecule has 19 heavy (non-hydrogen) atoms. The van der Waals surface area contributed by atoms with Gasteiger partial charge in [0.25, 0.3) is 6.43 Å². The van der Waals surface area contributed by atoms with E-state index in [1.165, 1.54) is 0 Å². The fraction of sp³-hybridized carbons (Fsp3) is 0.400. The van der Waals surface area contributed by atoms with Crippen molar-refractivity contribution in [3.63, 3.8) is 0 Å². The van der Waals surface area contributed by atoms with E-state index in [9.17, 15) is 26.7 Å². The Hall–Kier alpha value is -1.93. The lowest BCUT2D eigenvalue weighted by atomic mass is 10.0. The summed E-state index contributed by atoms with van der Waals surface area (Å²) in [5.41, 5.74) is -3.95. The molecular formula is C10H8F5NO3. The summed E-state index contributed by atoms with van der Waals surface area (Å²) in [6.07, 6.45) is -9.61. The van der Waals surface area contributed by atoms with E-state index < -0.39 is 47.7 Å². The summed E-state index contributed by atoms with van der Waals surface area (Å²) in [7, 11) is 0.995. The van der Waals surface area contributed by atoms with Crippen molar-refractivity contribution < 1.29 is 36.6 Å². The van der Waals surface area contributed by atoms with Gasteiger partial charge in [-0.1, -0.05) is 0 Å². The largest absolute Gasteiger partial charge is 0.481 e. The number of carboxylic acids is 1. The molecule has 0 fully saturated rings. The first-order valence-electron chi connectivity index (χ1n) is 4.81. The maximum atomic E-state index is 12.7. The summed E-state index contributed by atoms with van der Waals surface area (Å²) >= 11 is 0. The number of nitrogens with zero attached hydrogens (tertiary/aromatic N) is 1. The van der Waals surface area contributed by atoms with E-state index in [-0.39, 0.29) is 0 Å². The van der Waals surface area contributed by atoms with Gasteiger partial charge < -0.3 is 9.84 Å². The first kappa shape index (κ1) is 15.1.